The average Bonchev–Trinajstić information content (AvgIpc) is 3.23. The van der Waals surface area contributed by atoms with E-state index in [2.05, 4.69) is 17.8 Å². The lowest BCUT2D eigenvalue weighted by atomic mass is 10.0. The molecule has 6 unspecified atom stereocenters. The summed E-state index contributed by atoms with van der Waals surface area (Å²) in [6.07, 6.45) is 6.89. The minimum atomic E-state index is -1.23. The van der Waals surface area contributed by atoms with Crippen LogP contribution in [0.5, 0.6) is 0 Å². The number of hydrogen-bond donors (Lipinski definition) is 6. The first-order valence-corrected chi connectivity index (χ1v) is 7.95. The van der Waals surface area contributed by atoms with E-state index in [1.54, 1.807) is 0 Å². The topological polar surface area (TPSA) is 177 Å². The Kier molecular flexibility index (Phi) is 9.62. The largest absolute Gasteiger partial charge is 0.390 e. The summed E-state index contributed by atoms with van der Waals surface area (Å²) in [5.74, 6) is 0.0759. The molecule has 9 N–H and O–H groups in total. The molecule has 25 heavy (non-hydrogen) atoms. The fraction of sp³-hybridized carbons (Fsp3) is 0.750. The molecule has 0 aromatic rings. The number of aliphatic hydroxyl groups excluding tert-OH is 3. The number of guanidine groups is 1. The molecule has 9 nitrogen and oxygen atoms in total. The molecule has 0 radical (unpaired) electrons. The number of hydrogen-bond acceptors (Lipinski definition) is 7. The minimum Gasteiger partial charge on any atom is -0.390 e. The van der Waals surface area contributed by atoms with E-state index in [0.717, 1.165) is 12.8 Å². The van der Waals surface area contributed by atoms with Crippen molar-refractivity contribution < 1.29 is 24.9 Å². The maximum atomic E-state index is 10.7. The average molecular weight is 358 g/mol. The SMILES string of the molecule is C#C.CC(=O)C(N)CCCN=C(N)N.CC12CC1C(O)C(O)C(O)O2. The van der Waals surface area contributed by atoms with Gasteiger partial charge in [-0.25, -0.2) is 0 Å². The van der Waals surface area contributed by atoms with Crippen molar-refractivity contribution in [3.8, 4) is 12.8 Å². The monoisotopic (exact) mass is 358 g/mol. The highest BCUT2D eigenvalue weighted by Crippen LogP contribution is 2.53. The van der Waals surface area contributed by atoms with E-state index in [1.165, 1.54) is 6.92 Å². The van der Waals surface area contributed by atoms with E-state index >= 15 is 0 Å². The van der Waals surface area contributed by atoms with Crippen LogP contribution in [0.15, 0.2) is 4.99 Å². The predicted octanol–water partition coefficient (Wildman–Crippen LogP) is -1.96. The minimum absolute atomic E-state index is 0.000278. The number of carbonyl (C=O) groups is 1. The first kappa shape index (κ1) is 23.3. The van der Waals surface area contributed by atoms with Crippen LogP contribution in [0.3, 0.4) is 0 Å². The molecule has 1 saturated heterocycles. The molecule has 6 atom stereocenters. The van der Waals surface area contributed by atoms with E-state index in [-0.39, 0.29) is 23.7 Å². The maximum Gasteiger partial charge on any atom is 0.185 e. The van der Waals surface area contributed by atoms with Crippen molar-refractivity contribution in [1.29, 1.82) is 0 Å². The van der Waals surface area contributed by atoms with Crippen molar-refractivity contribution in [3.63, 3.8) is 0 Å². The normalized spacial score (nSPS) is 33.3. The highest BCUT2D eigenvalue weighted by molar-refractivity contribution is 5.81. The highest BCUT2D eigenvalue weighted by atomic mass is 16.6. The lowest BCUT2D eigenvalue weighted by Crippen LogP contribution is -2.48. The van der Waals surface area contributed by atoms with Crippen LogP contribution < -0.4 is 17.2 Å². The Hall–Kier alpha value is -1.70. The third kappa shape index (κ3) is 7.37. The van der Waals surface area contributed by atoms with Crippen LogP contribution in [0.25, 0.3) is 0 Å². The molecule has 0 bridgehead atoms. The number of rotatable bonds is 5. The molecule has 0 aromatic carbocycles. The van der Waals surface area contributed by atoms with Crippen molar-refractivity contribution in [3.05, 3.63) is 0 Å². The van der Waals surface area contributed by atoms with Gasteiger partial charge >= 0.3 is 0 Å². The van der Waals surface area contributed by atoms with Crippen LogP contribution in [-0.4, -0.2) is 63.7 Å². The molecule has 2 aliphatic rings. The van der Waals surface area contributed by atoms with Gasteiger partial charge in [-0.3, -0.25) is 9.79 Å². The molecule has 2 fully saturated rings. The van der Waals surface area contributed by atoms with Gasteiger partial charge in [0.15, 0.2) is 12.2 Å². The Morgan fingerprint density at radius 3 is 2.36 bits per heavy atom. The second-order valence-electron chi connectivity index (χ2n) is 6.28. The van der Waals surface area contributed by atoms with Crippen LogP contribution in [0.4, 0.5) is 0 Å². The van der Waals surface area contributed by atoms with Crippen LogP contribution >= 0.6 is 0 Å². The zero-order chi connectivity index (χ0) is 19.8. The Morgan fingerprint density at radius 2 is 1.88 bits per heavy atom. The summed E-state index contributed by atoms with van der Waals surface area (Å²) in [7, 11) is 0. The second-order valence-corrected chi connectivity index (χ2v) is 6.28. The van der Waals surface area contributed by atoms with Gasteiger partial charge < -0.3 is 37.3 Å². The molecule has 2 rings (SSSR count). The van der Waals surface area contributed by atoms with Gasteiger partial charge in [0.2, 0.25) is 0 Å². The maximum absolute atomic E-state index is 10.7. The van der Waals surface area contributed by atoms with Crippen LogP contribution in [0.2, 0.25) is 0 Å². The number of carbonyl (C=O) groups excluding carboxylic acids is 1. The molecule has 0 amide bonds. The molecule has 1 aliphatic heterocycles. The van der Waals surface area contributed by atoms with Crippen molar-refractivity contribution in [2.75, 3.05) is 6.54 Å². The third-order valence-corrected chi connectivity index (χ3v) is 4.18. The second kappa shape index (κ2) is 10.3. The number of aliphatic hydroxyl groups is 3. The number of ketones is 1. The number of terminal acetylenes is 1. The van der Waals surface area contributed by atoms with E-state index in [9.17, 15) is 9.90 Å². The molecule has 9 heteroatoms. The zero-order valence-corrected chi connectivity index (χ0v) is 14.7. The van der Waals surface area contributed by atoms with Crippen molar-refractivity contribution in [2.24, 2.45) is 28.1 Å². The lowest BCUT2D eigenvalue weighted by Gasteiger charge is -2.32. The number of nitrogens with zero attached hydrogens (tertiary/aromatic N) is 1. The molecule has 1 saturated carbocycles. The van der Waals surface area contributed by atoms with E-state index in [4.69, 9.17) is 32.2 Å². The van der Waals surface area contributed by atoms with Gasteiger partial charge in [-0.15, -0.1) is 12.8 Å². The summed E-state index contributed by atoms with van der Waals surface area (Å²) < 4.78 is 5.08. The van der Waals surface area contributed by atoms with Crippen molar-refractivity contribution >= 4 is 11.7 Å². The Labute approximate surface area is 148 Å². The third-order valence-electron chi connectivity index (χ3n) is 4.18. The van der Waals surface area contributed by atoms with Crippen LogP contribution in [-0.2, 0) is 9.53 Å². The van der Waals surface area contributed by atoms with E-state index in [1.807, 2.05) is 6.92 Å². The molecule has 0 spiro atoms. The summed E-state index contributed by atoms with van der Waals surface area (Å²) in [5, 5.41) is 27.5. The Balaban J connectivity index is 0.000000419. The van der Waals surface area contributed by atoms with Crippen LogP contribution in [0.1, 0.15) is 33.1 Å². The molecule has 144 valence electrons. The number of fused-ring (bicyclic) bond motifs is 1. The van der Waals surface area contributed by atoms with E-state index in [0.29, 0.717) is 13.0 Å². The highest BCUT2D eigenvalue weighted by Gasteiger charge is 2.62. The van der Waals surface area contributed by atoms with Crippen LogP contribution in [0, 0.1) is 18.8 Å². The quantitative estimate of drug-likeness (QED) is 0.142. The molecular weight excluding hydrogens is 328 g/mol. The smallest absolute Gasteiger partial charge is 0.185 e. The number of ether oxygens (including phenoxy) is 1. The van der Waals surface area contributed by atoms with Gasteiger partial charge in [0.05, 0.1) is 17.7 Å². The lowest BCUT2D eigenvalue weighted by molar-refractivity contribution is -0.248. The van der Waals surface area contributed by atoms with Gasteiger partial charge in [0.25, 0.3) is 0 Å². The standard InChI is InChI=1S/C7H16N4O.C7H12O4.C2H2/c1-5(12)6(8)3-2-4-11-7(9)10;1-7-2-3(7)4(8)5(9)6(10)11-7;1-2/h6H,2-4,8H2,1H3,(H4,9,10,11);3-6,8-10H,2H2,1H3;1-2H. The Morgan fingerprint density at radius 1 is 1.32 bits per heavy atom. The predicted molar refractivity (Wildman–Crippen MR) is 94.1 cm³/mol. The first-order chi connectivity index (χ1) is 11.6. The fourth-order valence-corrected chi connectivity index (χ4v) is 2.47. The van der Waals surface area contributed by atoms with Gasteiger partial charge in [0, 0.05) is 12.5 Å². The van der Waals surface area contributed by atoms with E-state index < -0.39 is 24.1 Å². The summed E-state index contributed by atoms with van der Waals surface area (Å²) in [6, 6.07) is -0.376. The summed E-state index contributed by atoms with van der Waals surface area (Å²) in [5.41, 5.74) is 15.3. The van der Waals surface area contributed by atoms with Gasteiger partial charge in [-0.1, -0.05) is 0 Å². The summed E-state index contributed by atoms with van der Waals surface area (Å²) in [6.45, 7) is 3.84. The Bertz CT molecular complexity index is 478. The first-order valence-electron chi connectivity index (χ1n) is 7.95. The van der Waals surface area contributed by atoms with Gasteiger partial charge in [-0.2, -0.15) is 0 Å². The molecule has 0 aromatic heterocycles. The zero-order valence-electron chi connectivity index (χ0n) is 14.7. The molecule has 1 aliphatic carbocycles. The number of Topliss-reactive ketones (excluding diaryl/α,β-unsaturated/α-hetero) is 1. The summed E-state index contributed by atoms with van der Waals surface area (Å²) in [4.78, 5) is 14.4. The fourth-order valence-electron chi connectivity index (χ4n) is 2.47. The number of nitrogens with two attached hydrogens (primary N) is 3. The summed E-state index contributed by atoms with van der Waals surface area (Å²) >= 11 is 0. The van der Waals surface area contributed by atoms with Gasteiger partial charge in [0.1, 0.15) is 11.9 Å². The molecular formula is C16H30N4O5. The van der Waals surface area contributed by atoms with Gasteiger partial charge in [-0.05, 0) is 33.1 Å². The van der Waals surface area contributed by atoms with Crippen molar-refractivity contribution in [2.45, 2.75) is 63.3 Å². The molecule has 1 heterocycles. The number of aliphatic imine (C=N–C) groups is 1. The van der Waals surface area contributed by atoms with Crippen molar-refractivity contribution in [1.82, 2.24) is 0 Å².